The summed E-state index contributed by atoms with van der Waals surface area (Å²) in [5.41, 5.74) is 1.23. The van der Waals surface area contributed by atoms with E-state index in [1.807, 2.05) is 44.2 Å². The van der Waals surface area contributed by atoms with Crippen LogP contribution in [-0.2, 0) is 20.9 Å². The Kier molecular flexibility index (Phi) is 8.02. The van der Waals surface area contributed by atoms with E-state index in [2.05, 4.69) is 10.6 Å². The van der Waals surface area contributed by atoms with Gasteiger partial charge in [-0.25, -0.2) is 4.79 Å². The number of nitrogens with one attached hydrogen (secondary N) is 2. The van der Waals surface area contributed by atoms with Crippen molar-refractivity contribution in [2.24, 2.45) is 0 Å². The highest BCUT2D eigenvalue weighted by Crippen LogP contribution is 2.12. The normalized spacial score (nSPS) is 10.2. The van der Waals surface area contributed by atoms with Crippen molar-refractivity contribution in [2.45, 2.75) is 26.5 Å². The molecule has 0 unspecified atom stereocenters. The zero-order valence-electron chi connectivity index (χ0n) is 15.9. The molecule has 7 heteroatoms. The highest BCUT2D eigenvalue weighted by molar-refractivity contribution is 5.92. The highest BCUT2D eigenvalue weighted by atomic mass is 16.5. The van der Waals surface area contributed by atoms with Gasteiger partial charge in [0, 0.05) is 6.04 Å². The zero-order chi connectivity index (χ0) is 20.4. The van der Waals surface area contributed by atoms with Gasteiger partial charge < -0.3 is 20.1 Å². The number of carbonyl (C=O) groups excluding carboxylic acids is 3. The fourth-order valence-electron chi connectivity index (χ4n) is 2.24. The van der Waals surface area contributed by atoms with E-state index in [0.717, 1.165) is 11.3 Å². The molecule has 0 fully saturated rings. The number of hydrogen-bond donors (Lipinski definition) is 2. The van der Waals surface area contributed by atoms with Crippen molar-refractivity contribution in [3.8, 4) is 5.75 Å². The first kappa shape index (κ1) is 21.0. The van der Waals surface area contributed by atoms with E-state index in [0.29, 0.717) is 12.2 Å². The lowest BCUT2D eigenvalue weighted by Gasteiger charge is -2.10. The first-order chi connectivity index (χ1) is 13.4. The van der Waals surface area contributed by atoms with Crippen LogP contribution in [-0.4, -0.2) is 37.0 Å². The van der Waals surface area contributed by atoms with Crippen molar-refractivity contribution in [2.75, 3.05) is 13.2 Å². The molecule has 0 aliphatic heterocycles. The Morgan fingerprint density at radius 2 is 1.61 bits per heavy atom. The van der Waals surface area contributed by atoms with E-state index in [1.165, 1.54) is 0 Å². The van der Waals surface area contributed by atoms with Crippen molar-refractivity contribution in [1.82, 2.24) is 10.6 Å². The molecule has 0 atom stereocenters. The Labute approximate surface area is 164 Å². The van der Waals surface area contributed by atoms with Gasteiger partial charge in [-0.3, -0.25) is 9.59 Å². The molecule has 0 aliphatic carbocycles. The quantitative estimate of drug-likeness (QED) is 0.646. The summed E-state index contributed by atoms with van der Waals surface area (Å²) in [5, 5.41) is 5.03. The molecule has 0 bridgehead atoms. The van der Waals surface area contributed by atoms with Crippen molar-refractivity contribution in [1.29, 1.82) is 0 Å². The zero-order valence-corrected chi connectivity index (χ0v) is 15.9. The lowest BCUT2D eigenvalue weighted by molar-refractivity contribution is -0.128. The van der Waals surface area contributed by atoms with Gasteiger partial charge in [0.25, 0.3) is 5.91 Å². The largest absolute Gasteiger partial charge is 0.489 e. The number of amides is 2. The summed E-state index contributed by atoms with van der Waals surface area (Å²) in [6, 6.07) is 16.2. The number of para-hydroxylation sites is 1. The van der Waals surface area contributed by atoms with Gasteiger partial charge in [-0.05, 0) is 43.7 Å². The summed E-state index contributed by atoms with van der Waals surface area (Å²) in [5.74, 6) is -0.695. The van der Waals surface area contributed by atoms with Crippen molar-refractivity contribution < 1.29 is 23.9 Å². The van der Waals surface area contributed by atoms with Gasteiger partial charge >= 0.3 is 5.97 Å². The Morgan fingerprint density at radius 1 is 0.929 bits per heavy atom. The van der Waals surface area contributed by atoms with Crippen LogP contribution in [0.5, 0.6) is 5.75 Å². The second-order valence-electron chi connectivity index (χ2n) is 6.37. The van der Waals surface area contributed by atoms with Gasteiger partial charge in [0.05, 0.1) is 12.1 Å². The van der Waals surface area contributed by atoms with E-state index in [4.69, 9.17) is 9.47 Å². The number of ether oxygens (including phenoxy) is 2. The third-order valence-electron chi connectivity index (χ3n) is 3.57. The third-order valence-corrected chi connectivity index (χ3v) is 3.57. The van der Waals surface area contributed by atoms with Crippen LogP contribution in [0.25, 0.3) is 0 Å². The minimum atomic E-state index is -0.614. The molecular formula is C21H24N2O5. The standard InChI is InChI=1S/C21H24N2O5/c1-15(2)23-19(24)12-22-20(25)14-28-21(26)17-10-8-16(9-11-17)13-27-18-6-4-3-5-7-18/h3-11,15H,12-14H2,1-2H3,(H,22,25)(H,23,24). The molecule has 0 saturated carbocycles. The third kappa shape index (κ3) is 7.49. The van der Waals surface area contributed by atoms with Gasteiger partial charge in [-0.15, -0.1) is 0 Å². The molecule has 2 amide bonds. The van der Waals surface area contributed by atoms with Crippen LogP contribution in [0.4, 0.5) is 0 Å². The number of esters is 1. The molecule has 0 aromatic heterocycles. The minimum absolute atomic E-state index is 0.0108. The minimum Gasteiger partial charge on any atom is -0.489 e. The molecule has 2 rings (SSSR count). The first-order valence-electron chi connectivity index (χ1n) is 8.94. The van der Waals surface area contributed by atoms with Gasteiger partial charge in [0.15, 0.2) is 6.61 Å². The molecule has 0 heterocycles. The van der Waals surface area contributed by atoms with Crippen LogP contribution < -0.4 is 15.4 Å². The van der Waals surface area contributed by atoms with Crippen LogP contribution in [0.1, 0.15) is 29.8 Å². The van der Waals surface area contributed by atoms with Crippen LogP contribution in [0, 0.1) is 0 Å². The molecule has 0 saturated heterocycles. The highest BCUT2D eigenvalue weighted by Gasteiger charge is 2.11. The van der Waals surface area contributed by atoms with Gasteiger partial charge in [-0.2, -0.15) is 0 Å². The molecular weight excluding hydrogens is 360 g/mol. The molecule has 0 aliphatic rings. The van der Waals surface area contributed by atoms with Crippen LogP contribution >= 0.6 is 0 Å². The van der Waals surface area contributed by atoms with Crippen molar-refractivity contribution >= 4 is 17.8 Å². The number of carbonyl (C=O) groups is 3. The molecule has 28 heavy (non-hydrogen) atoms. The monoisotopic (exact) mass is 384 g/mol. The maximum Gasteiger partial charge on any atom is 0.338 e. The second kappa shape index (κ2) is 10.7. The predicted octanol–water partition coefficient (Wildman–Crippen LogP) is 2.06. The summed E-state index contributed by atoms with van der Waals surface area (Å²) in [4.78, 5) is 35.1. The van der Waals surface area contributed by atoms with E-state index in [1.54, 1.807) is 24.3 Å². The average Bonchev–Trinajstić information content (AvgIpc) is 2.69. The summed E-state index contributed by atoms with van der Waals surface area (Å²) >= 11 is 0. The van der Waals surface area contributed by atoms with Gasteiger partial charge in [0.1, 0.15) is 12.4 Å². The van der Waals surface area contributed by atoms with Crippen LogP contribution in [0.15, 0.2) is 54.6 Å². The molecule has 148 valence electrons. The van der Waals surface area contributed by atoms with Crippen LogP contribution in [0.2, 0.25) is 0 Å². The number of benzene rings is 2. The maximum atomic E-state index is 12.0. The Morgan fingerprint density at radius 3 is 2.25 bits per heavy atom. The maximum absolute atomic E-state index is 12.0. The van der Waals surface area contributed by atoms with Crippen LogP contribution in [0.3, 0.4) is 0 Å². The Bertz CT molecular complexity index is 788. The molecule has 2 aromatic carbocycles. The summed E-state index contributed by atoms with van der Waals surface area (Å²) < 4.78 is 10.6. The Balaban J connectivity index is 1.73. The van der Waals surface area contributed by atoms with E-state index in [9.17, 15) is 14.4 Å². The lowest BCUT2D eigenvalue weighted by Crippen LogP contribution is -2.41. The SMILES string of the molecule is CC(C)NC(=O)CNC(=O)COC(=O)c1ccc(COc2ccccc2)cc1. The summed E-state index contributed by atoms with van der Waals surface area (Å²) in [7, 11) is 0. The van der Waals surface area contributed by atoms with E-state index < -0.39 is 18.5 Å². The fourth-order valence-corrected chi connectivity index (χ4v) is 2.24. The first-order valence-corrected chi connectivity index (χ1v) is 8.94. The molecule has 7 nitrogen and oxygen atoms in total. The lowest BCUT2D eigenvalue weighted by atomic mass is 10.1. The summed E-state index contributed by atoms with van der Waals surface area (Å²) in [6.07, 6.45) is 0. The smallest absolute Gasteiger partial charge is 0.338 e. The number of hydrogen-bond acceptors (Lipinski definition) is 5. The van der Waals surface area contributed by atoms with Crippen molar-refractivity contribution in [3.63, 3.8) is 0 Å². The number of rotatable bonds is 9. The molecule has 0 spiro atoms. The molecule has 2 N–H and O–H groups in total. The molecule has 2 aromatic rings. The van der Waals surface area contributed by atoms with E-state index >= 15 is 0 Å². The van der Waals surface area contributed by atoms with E-state index in [-0.39, 0.29) is 18.5 Å². The van der Waals surface area contributed by atoms with Gasteiger partial charge in [0.2, 0.25) is 5.91 Å². The average molecular weight is 384 g/mol. The van der Waals surface area contributed by atoms with Crippen molar-refractivity contribution in [3.05, 3.63) is 65.7 Å². The molecule has 0 radical (unpaired) electrons. The topological polar surface area (TPSA) is 93.7 Å². The summed E-state index contributed by atoms with van der Waals surface area (Å²) in [6.45, 7) is 3.40. The van der Waals surface area contributed by atoms with Gasteiger partial charge in [-0.1, -0.05) is 30.3 Å². The fraction of sp³-hybridized carbons (Fsp3) is 0.286. The second-order valence-corrected chi connectivity index (χ2v) is 6.37. The Hall–Kier alpha value is -3.35. The predicted molar refractivity (Wildman–Crippen MR) is 104 cm³/mol.